The second-order valence-corrected chi connectivity index (χ2v) is 10.0. The Morgan fingerprint density at radius 2 is 0.738 bits per heavy atom. The molecule has 0 spiro atoms. The maximum atomic E-state index is 12.8. The molecule has 4 N–H and O–H groups in total. The molecule has 0 fully saturated rings. The molecular weight excluding hydrogens is 570 g/mol. The number of rotatable bonds is 4. The highest BCUT2D eigenvalue weighted by Crippen LogP contribution is 2.30. The summed E-state index contributed by atoms with van der Waals surface area (Å²) in [5.74, 6) is -3.51. The SMILES string of the molecule is CC(C)(C)c1cc(C(=O)NNC(=O)c2ccc(C(F)(F)F)cc2)cc(C(=O)NNC(=O)c2ccc(C(F)(F)F)cc2)c1. The van der Waals surface area contributed by atoms with Crippen molar-refractivity contribution in [3.8, 4) is 0 Å². The first-order chi connectivity index (χ1) is 19.4. The van der Waals surface area contributed by atoms with E-state index in [0.717, 1.165) is 30.3 Å². The quantitative estimate of drug-likeness (QED) is 0.246. The summed E-state index contributed by atoms with van der Waals surface area (Å²) < 4.78 is 76.5. The van der Waals surface area contributed by atoms with Crippen LogP contribution in [0.25, 0.3) is 0 Å². The highest BCUT2D eigenvalue weighted by atomic mass is 19.4. The summed E-state index contributed by atoms with van der Waals surface area (Å²) in [6.07, 6.45) is -9.17. The van der Waals surface area contributed by atoms with Gasteiger partial charge >= 0.3 is 12.4 Å². The van der Waals surface area contributed by atoms with E-state index in [4.69, 9.17) is 0 Å². The lowest BCUT2D eigenvalue weighted by atomic mass is 9.85. The highest BCUT2D eigenvalue weighted by Gasteiger charge is 2.31. The van der Waals surface area contributed by atoms with E-state index in [9.17, 15) is 45.5 Å². The Balaban J connectivity index is 1.71. The predicted molar refractivity (Wildman–Crippen MR) is 138 cm³/mol. The van der Waals surface area contributed by atoms with Gasteiger partial charge in [-0.25, -0.2) is 0 Å². The third-order valence-electron chi connectivity index (χ3n) is 5.85. The summed E-state index contributed by atoms with van der Waals surface area (Å²) in [6, 6.07) is 10.7. The molecule has 0 radical (unpaired) electrons. The molecule has 0 atom stereocenters. The average Bonchev–Trinajstić information content (AvgIpc) is 2.92. The largest absolute Gasteiger partial charge is 0.416 e. The van der Waals surface area contributed by atoms with E-state index < -0.39 is 52.5 Å². The third kappa shape index (κ3) is 8.08. The average molecular weight is 595 g/mol. The number of amides is 4. The Labute approximate surface area is 235 Å². The van der Waals surface area contributed by atoms with E-state index in [1.807, 2.05) is 0 Å². The first kappa shape index (κ1) is 31.6. The fourth-order valence-corrected chi connectivity index (χ4v) is 3.46. The van der Waals surface area contributed by atoms with Crippen LogP contribution in [-0.2, 0) is 17.8 Å². The van der Waals surface area contributed by atoms with Crippen molar-refractivity contribution in [3.63, 3.8) is 0 Å². The lowest BCUT2D eigenvalue weighted by Crippen LogP contribution is -2.43. The van der Waals surface area contributed by atoms with Gasteiger partial charge in [0.05, 0.1) is 11.1 Å². The minimum atomic E-state index is -4.59. The molecule has 0 aliphatic heterocycles. The van der Waals surface area contributed by atoms with Crippen molar-refractivity contribution in [1.82, 2.24) is 21.7 Å². The van der Waals surface area contributed by atoms with Crippen LogP contribution in [0.15, 0.2) is 66.7 Å². The Bertz CT molecular complexity index is 1390. The van der Waals surface area contributed by atoms with Gasteiger partial charge in [0, 0.05) is 22.3 Å². The van der Waals surface area contributed by atoms with Gasteiger partial charge in [0.15, 0.2) is 0 Å². The van der Waals surface area contributed by atoms with Gasteiger partial charge in [0.1, 0.15) is 0 Å². The van der Waals surface area contributed by atoms with E-state index in [0.29, 0.717) is 29.8 Å². The summed E-state index contributed by atoms with van der Waals surface area (Å²) >= 11 is 0. The first-order valence-electron chi connectivity index (χ1n) is 12.1. The van der Waals surface area contributed by atoms with Crippen LogP contribution in [0, 0.1) is 0 Å². The monoisotopic (exact) mass is 594 g/mol. The van der Waals surface area contributed by atoms with Crippen LogP contribution in [-0.4, -0.2) is 23.6 Å². The zero-order valence-corrected chi connectivity index (χ0v) is 22.3. The summed E-state index contributed by atoms with van der Waals surface area (Å²) in [7, 11) is 0. The molecule has 42 heavy (non-hydrogen) atoms. The molecule has 0 aliphatic carbocycles. The maximum Gasteiger partial charge on any atom is 0.416 e. The van der Waals surface area contributed by atoms with Gasteiger partial charge in [-0.15, -0.1) is 0 Å². The minimum absolute atomic E-state index is 0.0747. The Morgan fingerprint density at radius 1 is 0.452 bits per heavy atom. The van der Waals surface area contributed by atoms with Gasteiger partial charge < -0.3 is 0 Å². The number of hydrazine groups is 2. The molecule has 0 aromatic heterocycles. The standard InChI is InChI=1S/C28H24F6N4O4/c1-26(2,3)21-13-17(24(41)37-35-22(39)15-4-8-19(9-5-15)27(29,30)31)12-18(14-21)25(42)38-36-23(40)16-6-10-20(11-7-16)28(32,33)34/h4-14H,1-3H3,(H,35,39)(H,36,40)(H,37,41)(H,38,42). The fraction of sp³-hybridized carbons (Fsp3) is 0.214. The van der Waals surface area contributed by atoms with E-state index in [1.165, 1.54) is 12.1 Å². The maximum absolute atomic E-state index is 12.8. The van der Waals surface area contributed by atoms with Crippen LogP contribution < -0.4 is 21.7 Å². The van der Waals surface area contributed by atoms with E-state index >= 15 is 0 Å². The number of benzene rings is 3. The molecule has 3 aromatic carbocycles. The smallest absolute Gasteiger partial charge is 0.267 e. The Hall–Kier alpha value is -4.88. The Morgan fingerprint density at radius 3 is 1.00 bits per heavy atom. The molecule has 0 aliphatic rings. The van der Waals surface area contributed by atoms with Crippen molar-refractivity contribution in [3.05, 3.63) is 106 Å². The van der Waals surface area contributed by atoms with Gasteiger partial charge in [-0.3, -0.25) is 40.9 Å². The van der Waals surface area contributed by atoms with Crippen molar-refractivity contribution in [1.29, 1.82) is 0 Å². The molecular formula is C28H24F6N4O4. The van der Waals surface area contributed by atoms with Crippen molar-refractivity contribution >= 4 is 23.6 Å². The van der Waals surface area contributed by atoms with Gasteiger partial charge in [-0.05, 0) is 77.7 Å². The molecule has 0 saturated heterocycles. The van der Waals surface area contributed by atoms with Crippen LogP contribution in [0.4, 0.5) is 26.3 Å². The first-order valence-corrected chi connectivity index (χ1v) is 12.1. The second kappa shape index (κ2) is 11.9. The number of alkyl halides is 6. The number of hydrogen-bond acceptors (Lipinski definition) is 4. The Kier molecular flexibility index (Phi) is 8.99. The van der Waals surface area contributed by atoms with Crippen LogP contribution in [0.5, 0.6) is 0 Å². The van der Waals surface area contributed by atoms with Crippen LogP contribution in [0.2, 0.25) is 0 Å². The summed E-state index contributed by atoms with van der Waals surface area (Å²) in [5, 5.41) is 0. The molecule has 14 heteroatoms. The molecule has 0 bridgehead atoms. The second-order valence-electron chi connectivity index (χ2n) is 10.0. The van der Waals surface area contributed by atoms with Crippen molar-refractivity contribution < 1.29 is 45.5 Å². The van der Waals surface area contributed by atoms with E-state index in [2.05, 4.69) is 21.7 Å². The van der Waals surface area contributed by atoms with E-state index in [-0.39, 0.29) is 22.3 Å². The summed E-state index contributed by atoms with van der Waals surface area (Å²) in [6.45, 7) is 5.39. The number of carbonyl (C=O) groups excluding carboxylic acids is 4. The van der Waals surface area contributed by atoms with Crippen molar-refractivity contribution in [2.45, 2.75) is 38.5 Å². The highest BCUT2D eigenvalue weighted by molar-refractivity contribution is 6.03. The number of hydrogen-bond donors (Lipinski definition) is 4. The van der Waals surface area contributed by atoms with E-state index in [1.54, 1.807) is 20.8 Å². The van der Waals surface area contributed by atoms with Crippen LogP contribution >= 0.6 is 0 Å². The molecule has 4 amide bonds. The lowest BCUT2D eigenvalue weighted by molar-refractivity contribution is -0.138. The zero-order chi connectivity index (χ0) is 31.5. The molecule has 3 rings (SSSR count). The van der Waals surface area contributed by atoms with Gasteiger partial charge in [0.25, 0.3) is 23.6 Å². The summed E-state index contributed by atoms with van der Waals surface area (Å²) in [5.41, 5.74) is 6.01. The molecule has 3 aromatic rings. The molecule has 0 heterocycles. The van der Waals surface area contributed by atoms with Gasteiger partial charge in [-0.1, -0.05) is 20.8 Å². The van der Waals surface area contributed by atoms with Gasteiger partial charge in [0.2, 0.25) is 0 Å². The lowest BCUT2D eigenvalue weighted by Gasteiger charge is -2.21. The minimum Gasteiger partial charge on any atom is -0.267 e. The predicted octanol–water partition coefficient (Wildman–Crippen LogP) is 5.17. The molecule has 222 valence electrons. The number of nitrogens with one attached hydrogen (secondary N) is 4. The van der Waals surface area contributed by atoms with Crippen LogP contribution in [0.1, 0.15) is 78.9 Å². The zero-order valence-electron chi connectivity index (χ0n) is 22.3. The van der Waals surface area contributed by atoms with Crippen LogP contribution in [0.3, 0.4) is 0 Å². The topological polar surface area (TPSA) is 116 Å². The normalized spacial score (nSPS) is 11.8. The van der Waals surface area contributed by atoms with Crippen molar-refractivity contribution in [2.75, 3.05) is 0 Å². The molecule has 0 saturated carbocycles. The molecule has 0 unspecified atom stereocenters. The fourth-order valence-electron chi connectivity index (χ4n) is 3.46. The third-order valence-corrected chi connectivity index (χ3v) is 5.85. The van der Waals surface area contributed by atoms with Gasteiger partial charge in [-0.2, -0.15) is 26.3 Å². The molecule has 8 nitrogen and oxygen atoms in total. The summed E-state index contributed by atoms with van der Waals surface area (Å²) in [4.78, 5) is 50.2. The number of halogens is 6. The number of carbonyl (C=O) groups is 4. The van der Waals surface area contributed by atoms with Crippen molar-refractivity contribution in [2.24, 2.45) is 0 Å².